The van der Waals surface area contributed by atoms with E-state index in [0.717, 1.165) is 5.57 Å². The minimum Gasteiger partial charge on any atom is -0.476 e. The predicted octanol–water partition coefficient (Wildman–Crippen LogP) is 0.516. The molecule has 0 aromatic heterocycles. The molecule has 0 saturated carbocycles. The number of ketones is 1. The molecule has 0 aromatic carbocycles. The van der Waals surface area contributed by atoms with Gasteiger partial charge in [-0.25, -0.2) is 4.79 Å². The highest BCUT2D eigenvalue weighted by Gasteiger charge is 2.26. The zero-order valence-electron chi connectivity index (χ0n) is 7.18. The van der Waals surface area contributed by atoms with Crippen LogP contribution in [0.5, 0.6) is 0 Å². The van der Waals surface area contributed by atoms with Gasteiger partial charge >= 0.3 is 5.97 Å². The summed E-state index contributed by atoms with van der Waals surface area (Å²) in [6.07, 6.45) is 8.39. The molecule has 1 atom stereocenters. The Morgan fingerprint density at radius 2 is 2.21 bits per heavy atom. The Morgan fingerprint density at radius 3 is 2.93 bits per heavy atom. The Hall–Kier alpha value is -1.97. The van der Waals surface area contributed by atoms with Gasteiger partial charge in [0.2, 0.25) is 5.78 Å². The average Bonchev–Trinajstić information content (AvgIpc) is 2.16. The number of rotatable bonds is 1. The zero-order valence-corrected chi connectivity index (χ0v) is 7.18. The fraction of sp³-hybridized carbons (Fsp3) is 0.100. The van der Waals surface area contributed by atoms with Crippen molar-refractivity contribution in [3.63, 3.8) is 0 Å². The quantitative estimate of drug-likeness (QED) is 0.653. The van der Waals surface area contributed by atoms with Crippen molar-refractivity contribution in [1.82, 2.24) is 0 Å². The molecular formula is C10H7NO3. The van der Waals surface area contributed by atoms with Crippen LogP contribution in [0.4, 0.5) is 0 Å². The lowest BCUT2D eigenvalue weighted by atomic mass is 9.97. The van der Waals surface area contributed by atoms with Crippen LogP contribution < -0.4 is 0 Å². The van der Waals surface area contributed by atoms with Gasteiger partial charge in [0.1, 0.15) is 0 Å². The van der Waals surface area contributed by atoms with Crippen LogP contribution in [0.15, 0.2) is 40.9 Å². The molecular weight excluding hydrogens is 182 g/mol. The van der Waals surface area contributed by atoms with Crippen molar-refractivity contribution in [2.45, 2.75) is 6.04 Å². The minimum absolute atomic E-state index is 0.316. The summed E-state index contributed by atoms with van der Waals surface area (Å²) in [5.74, 6) is -1.81. The van der Waals surface area contributed by atoms with Crippen molar-refractivity contribution < 1.29 is 14.7 Å². The van der Waals surface area contributed by atoms with Crippen LogP contribution in [0.1, 0.15) is 0 Å². The molecule has 0 aromatic rings. The third kappa shape index (κ3) is 1.31. The van der Waals surface area contributed by atoms with E-state index >= 15 is 0 Å². The van der Waals surface area contributed by atoms with Crippen molar-refractivity contribution >= 4 is 17.5 Å². The topological polar surface area (TPSA) is 66.7 Å². The summed E-state index contributed by atoms with van der Waals surface area (Å²) >= 11 is 0. The zero-order chi connectivity index (χ0) is 10.1. The van der Waals surface area contributed by atoms with Gasteiger partial charge in [0, 0.05) is 0 Å². The van der Waals surface area contributed by atoms with Crippen LogP contribution in [0.25, 0.3) is 0 Å². The minimum atomic E-state index is -1.27. The van der Waals surface area contributed by atoms with E-state index < -0.39 is 17.5 Å². The fourth-order valence-electron chi connectivity index (χ4n) is 1.38. The number of carboxylic acids is 1. The molecule has 1 aliphatic heterocycles. The number of nitrogens with zero attached hydrogens (tertiary/aromatic N) is 1. The number of aliphatic imine (C=N–C) groups is 1. The van der Waals surface area contributed by atoms with Crippen LogP contribution in [-0.4, -0.2) is 28.6 Å². The van der Waals surface area contributed by atoms with Crippen LogP contribution in [-0.2, 0) is 9.59 Å². The van der Waals surface area contributed by atoms with E-state index in [2.05, 4.69) is 4.99 Å². The van der Waals surface area contributed by atoms with Gasteiger partial charge in [-0.3, -0.25) is 9.79 Å². The van der Waals surface area contributed by atoms with E-state index in [4.69, 9.17) is 5.11 Å². The summed E-state index contributed by atoms with van der Waals surface area (Å²) in [5, 5.41) is 8.68. The molecule has 1 unspecified atom stereocenters. The molecule has 4 nitrogen and oxygen atoms in total. The number of allylic oxidation sites excluding steroid dienone is 3. The van der Waals surface area contributed by atoms with Crippen molar-refractivity contribution in [2.24, 2.45) is 4.99 Å². The number of carbonyl (C=O) groups excluding carboxylic acids is 1. The lowest BCUT2D eigenvalue weighted by Crippen LogP contribution is -2.29. The van der Waals surface area contributed by atoms with E-state index in [9.17, 15) is 9.59 Å². The molecule has 0 fully saturated rings. The lowest BCUT2D eigenvalue weighted by Gasteiger charge is -2.16. The Labute approximate surface area is 80.0 Å². The van der Waals surface area contributed by atoms with E-state index in [-0.39, 0.29) is 6.04 Å². The van der Waals surface area contributed by atoms with Gasteiger partial charge in [0.15, 0.2) is 5.71 Å². The maximum absolute atomic E-state index is 11.2. The average molecular weight is 189 g/mol. The number of hydrogen-bond donors (Lipinski definition) is 1. The highest BCUT2D eigenvalue weighted by Crippen LogP contribution is 2.19. The molecule has 0 amide bonds. The first-order valence-corrected chi connectivity index (χ1v) is 4.10. The normalized spacial score (nSPS) is 24.0. The molecule has 4 heteroatoms. The third-order valence-corrected chi connectivity index (χ3v) is 2.04. The van der Waals surface area contributed by atoms with E-state index in [1.165, 1.54) is 6.08 Å². The van der Waals surface area contributed by atoms with Crippen molar-refractivity contribution in [1.29, 1.82) is 0 Å². The smallest absolute Gasteiger partial charge is 0.358 e. The number of hydrogen-bond acceptors (Lipinski definition) is 3. The third-order valence-electron chi connectivity index (χ3n) is 2.04. The standard InChI is InChI=1S/C10H7NO3/c12-8-5-6-3-1-2-4-7(6)11-9(8)10(13)14/h1-5,7H,(H,13,14). The lowest BCUT2D eigenvalue weighted by molar-refractivity contribution is -0.130. The second-order valence-electron chi connectivity index (χ2n) is 2.98. The van der Waals surface area contributed by atoms with Gasteiger partial charge in [-0.1, -0.05) is 24.3 Å². The summed E-state index contributed by atoms with van der Waals surface area (Å²) in [4.78, 5) is 25.7. The molecule has 70 valence electrons. The Kier molecular flexibility index (Phi) is 1.89. The highest BCUT2D eigenvalue weighted by molar-refractivity contribution is 6.66. The van der Waals surface area contributed by atoms with Gasteiger partial charge in [-0.15, -0.1) is 0 Å². The number of dihydropyridines is 1. The molecule has 2 rings (SSSR count). The molecule has 14 heavy (non-hydrogen) atoms. The number of carboxylic acid groups (broad SMARTS) is 1. The SMILES string of the molecule is O=C(O)C1=NC2C=CC=CC2=CC1=O. The maximum atomic E-state index is 11.2. The Balaban J connectivity index is 2.41. The van der Waals surface area contributed by atoms with Crippen LogP contribution in [0.3, 0.4) is 0 Å². The summed E-state index contributed by atoms with van der Waals surface area (Å²) in [5.41, 5.74) is 0.348. The molecule has 0 spiro atoms. The molecule has 1 N–H and O–H groups in total. The first kappa shape index (κ1) is 8.62. The Bertz CT molecular complexity index is 427. The summed E-state index contributed by atoms with van der Waals surface area (Å²) < 4.78 is 0. The van der Waals surface area contributed by atoms with Gasteiger partial charge in [0.05, 0.1) is 6.04 Å². The maximum Gasteiger partial charge on any atom is 0.358 e. The molecule has 0 bridgehead atoms. The second-order valence-corrected chi connectivity index (χ2v) is 2.98. The number of fused-ring (bicyclic) bond motifs is 1. The first-order valence-electron chi connectivity index (χ1n) is 4.10. The highest BCUT2D eigenvalue weighted by atomic mass is 16.4. The Morgan fingerprint density at radius 1 is 1.43 bits per heavy atom. The summed E-state index contributed by atoms with van der Waals surface area (Å²) in [6, 6.07) is -0.316. The van der Waals surface area contributed by atoms with Gasteiger partial charge < -0.3 is 5.11 Å². The van der Waals surface area contributed by atoms with Crippen LogP contribution in [0, 0.1) is 0 Å². The monoisotopic (exact) mass is 189 g/mol. The van der Waals surface area contributed by atoms with Crippen LogP contribution >= 0.6 is 0 Å². The molecule has 1 aliphatic carbocycles. The molecule has 1 heterocycles. The van der Waals surface area contributed by atoms with Gasteiger partial charge in [0.25, 0.3) is 0 Å². The predicted molar refractivity (Wildman–Crippen MR) is 50.2 cm³/mol. The van der Waals surface area contributed by atoms with Gasteiger partial charge in [-0.05, 0) is 11.6 Å². The van der Waals surface area contributed by atoms with Crippen molar-refractivity contribution in [3.8, 4) is 0 Å². The van der Waals surface area contributed by atoms with Crippen LogP contribution in [0.2, 0.25) is 0 Å². The number of carbonyl (C=O) groups is 2. The second kappa shape index (κ2) is 3.06. The van der Waals surface area contributed by atoms with E-state index in [1.54, 1.807) is 24.3 Å². The van der Waals surface area contributed by atoms with Crippen molar-refractivity contribution in [3.05, 3.63) is 36.0 Å². The van der Waals surface area contributed by atoms with Gasteiger partial charge in [-0.2, -0.15) is 0 Å². The first-order chi connectivity index (χ1) is 6.68. The largest absolute Gasteiger partial charge is 0.476 e. The summed E-state index contributed by atoms with van der Waals surface area (Å²) in [7, 11) is 0. The summed E-state index contributed by atoms with van der Waals surface area (Å²) in [6.45, 7) is 0. The molecule has 0 saturated heterocycles. The molecule has 0 radical (unpaired) electrons. The number of aliphatic carboxylic acids is 1. The fourth-order valence-corrected chi connectivity index (χ4v) is 1.38. The van der Waals surface area contributed by atoms with E-state index in [0.29, 0.717) is 0 Å². The van der Waals surface area contributed by atoms with Crippen molar-refractivity contribution in [2.75, 3.05) is 0 Å². The van der Waals surface area contributed by atoms with E-state index in [1.807, 2.05) is 0 Å². The molecule has 2 aliphatic rings.